The zero-order valence-corrected chi connectivity index (χ0v) is 20.5. The highest BCUT2D eigenvalue weighted by molar-refractivity contribution is 5.86. The number of para-hydroxylation sites is 1. The topological polar surface area (TPSA) is 143 Å². The Labute approximate surface area is 206 Å². The van der Waals surface area contributed by atoms with E-state index in [2.05, 4.69) is 10.2 Å². The van der Waals surface area contributed by atoms with Crippen LogP contribution < -0.4 is 16.8 Å². The number of nitrogens with one attached hydrogen (secondary N) is 1. The summed E-state index contributed by atoms with van der Waals surface area (Å²) in [6.07, 6.45) is 8.36. The van der Waals surface area contributed by atoms with Gasteiger partial charge in [-0.1, -0.05) is 12.1 Å². The maximum absolute atomic E-state index is 11.0. The monoisotopic (exact) mass is 482 g/mol. The number of phenols is 1. The van der Waals surface area contributed by atoms with Crippen LogP contribution in [0, 0.1) is 11.8 Å². The first kappa shape index (κ1) is 24.9. The van der Waals surface area contributed by atoms with Gasteiger partial charge in [0.2, 0.25) is 0 Å². The van der Waals surface area contributed by atoms with Gasteiger partial charge in [-0.2, -0.15) is 5.10 Å². The Hall–Kier alpha value is -3.20. The largest absolute Gasteiger partial charge is 0.507 e. The van der Waals surface area contributed by atoms with Crippen LogP contribution in [0.15, 0.2) is 24.3 Å². The molecule has 0 radical (unpaired) electrons. The number of rotatable bonds is 8. The summed E-state index contributed by atoms with van der Waals surface area (Å²) in [4.78, 5) is 13.5. The molecular formula is C26H38N6O3. The van der Waals surface area contributed by atoms with Crippen molar-refractivity contribution in [3.05, 3.63) is 35.5 Å². The number of nitrogens with zero attached hydrogens (tertiary/aromatic N) is 3. The van der Waals surface area contributed by atoms with Crippen LogP contribution in [0.4, 0.5) is 11.5 Å². The fourth-order valence-corrected chi connectivity index (χ4v) is 5.59. The quantitative estimate of drug-likeness (QED) is 0.384. The van der Waals surface area contributed by atoms with E-state index >= 15 is 0 Å². The van der Waals surface area contributed by atoms with Crippen LogP contribution in [0.25, 0.3) is 11.8 Å². The highest BCUT2D eigenvalue weighted by Crippen LogP contribution is 2.35. The minimum Gasteiger partial charge on any atom is -0.507 e. The van der Waals surface area contributed by atoms with Crippen molar-refractivity contribution in [1.29, 1.82) is 0 Å². The molecule has 0 spiro atoms. The molecule has 2 aromatic rings. The summed E-state index contributed by atoms with van der Waals surface area (Å²) >= 11 is 0. The molecule has 1 saturated heterocycles. The van der Waals surface area contributed by atoms with Crippen LogP contribution in [0.3, 0.4) is 0 Å². The molecule has 7 N–H and O–H groups in total. The van der Waals surface area contributed by atoms with E-state index in [0.29, 0.717) is 41.0 Å². The van der Waals surface area contributed by atoms with Crippen molar-refractivity contribution < 1.29 is 15.0 Å². The second kappa shape index (κ2) is 11.0. The number of aromatic nitrogens is 2. The number of aromatic hydroxyl groups is 1. The van der Waals surface area contributed by atoms with Gasteiger partial charge in [-0.05, 0) is 68.6 Å². The molecule has 35 heavy (non-hydrogen) atoms. The van der Waals surface area contributed by atoms with E-state index in [1.165, 1.54) is 0 Å². The summed E-state index contributed by atoms with van der Waals surface area (Å²) < 4.78 is 1.99. The molecule has 2 heterocycles. The summed E-state index contributed by atoms with van der Waals surface area (Å²) in [5.74, 6) is 1.09. The summed E-state index contributed by atoms with van der Waals surface area (Å²) in [6.45, 7) is 3.07. The van der Waals surface area contributed by atoms with Crippen LogP contribution in [-0.2, 0) is 4.79 Å². The van der Waals surface area contributed by atoms with E-state index in [0.717, 1.165) is 63.9 Å². The lowest BCUT2D eigenvalue weighted by Crippen LogP contribution is -2.39. The maximum Gasteiger partial charge on any atom is 0.303 e. The van der Waals surface area contributed by atoms with Gasteiger partial charge in [0.05, 0.1) is 11.7 Å². The number of hydrogen-bond donors (Lipinski definition) is 5. The molecule has 9 nitrogen and oxygen atoms in total. The van der Waals surface area contributed by atoms with Crippen molar-refractivity contribution in [2.24, 2.45) is 17.6 Å². The smallest absolute Gasteiger partial charge is 0.303 e. The predicted octanol–water partition coefficient (Wildman–Crippen LogP) is 3.59. The number of carboxylic acid groups (broad SMARTS) is 1. The van der Waals surface area contributed by atoms with Crippen molar-refractivity contribution in [3.63, 3.8) is 0 Å². The molecule has 1 saturated carbocycles. The van der Waals surface area contributed by atoms with Gasteiger partial charge in [-0.3, -0.25) is 9.48 Å². The van der Waals surface area contributed by atoms with E-state index in [4.69, 9.17) is 21.7 Å². The summed E-state index contributed by atoms with van der Waals surface area (Å²) in [6, 6.07) is 7.21. The van der Waals surface area contributed by atoms with Crippen LogP contribution in [-0.4, -0.2) is 57.5 Å². The molecule has 1 aromatic heterocycles. The number of nitrogens with two attached hydrogens (primary N) is 2. The van der Waals surface area contributed by atoms with E-state index in [-0.39, 0.29) is 11.8 Å². The number of likely N-dealkylation sites (tertiary alicyclic amines) is 1. The fourth-order valence-electron chi connectivity index (χ4n) is 5.59. The Kier molecular flexibility index (Phi) is 7.85. The van der Waals surface area contributed by atoms with E-state index in [1.807, 2.05) is 10.7 Å². The van der Waals surface area contributed by atoms with Gasteiger partial charge < -0.3 is 31.9 Å². The van der Waals surface area contributed by atoms with Crippen molar-refractivity contribution in [3.8, 4) is 5.75 Å². The first-order valence-corrected chi connectivity index (χ1v) is 12.6. The standard InChI is InChI=1S/C26H38N6O3/c1-29-26-25(28)22(15-21(27)20-4-2-3-5-23(20)33)32(30-26)19-10-12-31(13-11-19)16-18-8-6-17(7-9-18)14-24(34)35/h2-5,15,17-19,33H,6-14,16,27-28H2,1H3,(H,29,30)(H,34,35)/b21-15-. The highest BCUT2D eigenvalue weighted by Gasteiger charge is 2.28. The number of piperidine rings is 1. The lowest BCUT2D eigenvalue weighted by atomic mass is 9.80. The second-order valence-electron chi connectivity index (χ2n) is 9.98. The SMILES string of the molecule is CNc1nn(C2CCN(CC3CCC(CC(=O)O)CC3)CC2)c(/C=C(\N)c2ccccc2O)c1N. The third kappa shape index (κ3) is 5.90. The Morgan fingerprint density at radius 2 is 1.80 bits per heavy atom. The normalized spacial score (nSPS) is 22.3. The van der Waals surface area contributed by atoms with Crippen LogP contribution in [0.5, 0.6) is 5.75 Å². The molecule has 0 amide bonds. The minimum atomic E-state index is -0.673. The molecule has 1 aliphatic carbocycles. The number of hydrogen-bond acceptors (Lipinski definition) is 7. The fraction of sp³-hybridized carbons (Fsp3) is 0.538. The van der Waals surface area contributed by atoms with Gasteiger partial charge in [0, 0.05) is 44.4 Å². The Bertz CT molecular complexity index is 1050. The Balaban J connectivity index is 1.40. The lowest BCUT2D eigenvalue weighted by molar-refractivity contribution is -0.138. The van der Waals surface area contributed by atoms with Crippen molar-refractivity contribution >= 4 is 29.2 Å². The zero-order valence-electron chi connectivity index (χ0n) is 20.5. The van der Waals surface area contributed by atoms with Gasteiger partial charge in [-0.15, -0.1) is 0 Å². The molecule has 1 aliphatic heterocycles. The van der Waals surface area contributed by atoms with Gasteiger partial charge in [0.25, 0.3) is 0 Å². The number of benzene rings is 1. The van der Waals surface area contributed by atoms with Gasteiger partial charge >= 0.3 is 5.97 Å². The molecular weight excluding hydrogens is 444 g/mol. The summed E-state index contributed by atoms with van der Waals surface area (Å²) in [5.41, 5.74) is 15.1. The van der Waals surface area contributed by atoms with Gasteiger partial charge in [0.15, 0.2) is 5.82 Å². The number of carbonyl (C=O) groups is 1. The molecule has 0 atom stereocenters. The molecule has 4 rings (SSSR count). The summed E-state index contributed by atoms with van der Waals surface area (Å²) in [5, 5.41) is 27.1. The third-order valence-corrected chi connectivity index (χ3v) is 7.58. The van der Waals surface area contributed by atoms with Crippen LogP contribution >= 0.6 is 0 Å². The zero-order chi connectivity index (χ0) is 24.9. The van der Waals surface area contributed by atoms with Crippen molar-refractivity contribution in [2.75, 3.05) is 37.7 Å². The molecule has 9 heteroatoms. The Morgan fingerprint density at radius 1 is 1.14 bits per heavy atom. The first-order valence-electron chi connectivity index (χ1n) is 12.6. The van der Waals surface area contributed by atoms with Crippen LogP contribution in [0.2, 0.25) is 0 Å². The van der Waals surface area contributed by atoms with Crippen molar-refractivity contribution in [1.82, 2.24) is 14.7 Å². The average Bonchev–Trinajstić information content (AvgIpc) is 3.16. The molecule has 2 aliphatic rings. The van der Waals surface area contributed by atoms with Crippen molar-refractivity contribution in [2.45, 2.75) is 51.0 Å². The number of carboxylic acids is 1. The van der Waals surface area contributed by atoms with Crippen LogP contribution in [0.1, 0.15) is 62.2 Å². The van der Waals surface area contributed by atoms with E-state index < -0.39 is 5.97 Å². The number of nitrogen functional groups attached to an aromatic ring is 1. The molecule has 190 valence electrons. The van der Waals surface area contributed by atoms with Gasteiger partial charge in [-0.25, -0.2) is 0 Å². The Morgan fingerprint density at radius 3 is 2.43 bits per heavy atom. The molecule has 0 unspecified atom stereocenters. The molecule has 0 bridgehead atoms. The lowest BCUT2D eigenvalue weighted by Gasteiger charge is -2.36. The van der Waals surface area contributed by atoms with E-state index in [9.17, 15) is 9.90 Å². The molecule has 2 fully saturated rings. The summed E-state index contributed by atoms with van der Waals surface area (Å²) in [7, 11) is 1.80. The minimum absolute atomic E-state index is 0.130. The van der Waals surface area contributed by atoms with E-state index in [1.54, 1.807) is 31.3 Å². The number of aliphatic carboxylic acids is 1. The second-order valence-corrected chi connectivity index (χ2v) is 9.98. The maximum atomic E-state index is 11.0. The molecule has 1 aromatic carbocycles. The van der Waals surface area contributed by atoms with Gasteiger partial charge in [0.1, 0.15) is 11.4 Å². The number of phenolic OH excluding ortho intramolecular Hbond substituents is 1. The highest BCUT2D eigenvalue weighted by atomic mass is 16.4. The first-order chi connectivity index (χ1) is 16.9. The predicted molar refractivity (Wildman–Crippen MR) is 139 cm³/mol. The average molecular weight is 483 g/mol. The number of anilines is 2. The third-order valence-electron chi connectivity index (χ3n) is 7.58.